The minimum atomic E-state index is -2.81. The van der Waals surface area contributed by atoms with Gasteiger partial charge in [0.05, 0.1) is 5.60 Å². The standard InChI is InChI=1S/C46H49NO3Si2/c1-45(2,3)52(39-27-15-9-16-28-39,40-29-17-10-18-30-40)49-38-26-19-21-35(33-38)34-46(50-51(4,5)6)32-20-31-41(46)44-47-42(36-22-11-7-12-23-36)43(48-44)37-24-13-8-14-25-37/h7-19,21-31,33H,20,32,34H2,1-6H3. The number of allylic oxidation sites excluding steroid dienone is 1. The molecule has 6 heteroatoms. The Morgan fingerprint density at radius 2 is 1.25 bits per heavy atom. The van der Waals surface area contributed by atoms with Crippen LogP contribution in [0, 0.1) is 0 Å². The second-order valence-electron chi connectivity index (χ2n) is 15.9. The Morgan fingerprint density at radius 3 is 1.81 bits per heavy atom. The first-order valence-corrected chi connectivity index (χ1v) is 23.7. The monoisotopic (exact) mass is 719 g/mol. The number of benzene rings is 5. The van der Waals surface area contributed by atoms with E-state index in [0.29, 0.717) is 12.3 Å². The molecule has 0 N–H and O–H groups in total. The van der Waals surface area contributed by atoms with Gasteiger partial charge in [-0.1, -0.05) is 160 Å². The number of hydrogen-bond acceptors (Lipinski definition) is 4. The van der Waals surface area contributed by atoms with Gasteiger partial charge in [-0.25, -0.2) is 4.98 Å². The summed E-state index contributed by atoms with van der Waals surface area (Å²) in [6.45, 7) is 13.8. The van der Waals surface area contributed by atoms with Crippen LogP contribution in [0.3, 0.4) is 0 Å². The molecule has 1 atom stereocenters. The molecular weight excluding hydrogens is 671 g/mol. The van der Waals surface area contributed by atoms with E-state index in [2.05, 4.69) is 156 Å². The van der Waals surface area contributed by atoms with E-state index < -0.39 is 22.2 Å². The van der Waals surface area contributed by atoms with E-state index in [0.717, 1.165) is 46.7 Å². The molecule has 6 aromatic rings. The summed E-state index contributed by atoms with van der Waals surface area (Å²) >= 11 is 0. The van der Waals surface area contributed by atoms with Crippen molar-refractivity contribution in [2.45, 2.75) is 70.3 Å². The number of hydrogen-bond donors (Lipinski definition) is 0. The highest BCUT2D eigenvalue weighted by atomic mass is 28.4. The molecule has 1 aromatic heterocycles. The molecule has 52 heavy (non-hydrogen) atoms. The summed E-state index contributed by atoms with van der Waals surface area (Å²) in [5, 5.41) is 2.37. The van der Waals surface area contributed by atoms with Crippen molar-refractivity contribution in [1.29, 1.82) is 0 Å². The molecule has 0 radical (unpaired) electrons. The summed E-state index contributed by atoms with van der Waals surface area (Å²) in [6, 6.07) is 51.0. The van der Waals surface area contributed by atoms with Gasteiger partial charge in [-0.15, -0.1) is 0 Å². The largest absolute Gasteiger partial charge is 0.534 e. The lowest BCUT2D eigenvalue weighted by Crippen LogP contribution is -2.68. The molecule has 1 aliphatic rings. The van der Waals surface area contributed by atoms with E-state index in [1.54, 1.807) is 0 Å². The van der Waals surface area contributed by atoms with E-state index in [4.69, 9.17) is 18.3 Å². The Morgan fingerprint density at radius 1 is 0.692 bits per heavy atom. The molecule has 1 unspecified atom stereocenters. The Balaban J connectivity index is 1.30. The first kappa shape index (κ1) is 35.6. The van der Waals surface area contributed by atoms with Crippen LogP contribution < -0.4 is 14.8 Å². The van der Waals surface area contributed by atoms with Crippen LogP contribution in [-0.2, 0) is 10.8 Å². The fourth-order valence-corrected chi connectivity index (χ4v) is 13.7. The van der Waals surface area contributed by atoms with E-state index >= 15 is 0 Å². The van der Waals surface area contributed by atoms with Gasteiger partial charge >= 0.3 is 8.32 Å². The van der Waals surface area contributed by atoms with Gasteiger partial charge in [-0.3, -0.25) is 0 Å². The Bertz CT molecular complexity index is 2040. The number of oxazole rings is 1. The van der Waals surface area contributed by atoms with Crippen LogP contribution in [-0.4, -0.2) is 27.2 Å². The van der Waals surface area contributed by atoms with Crippen molar-refractivity contribution < 1.29 is 13.3 Å². The highest BCUT2D eigenvalue weighted by Crippen LogP contribution is 2.47. The molecular formula is C46H49NO3Si2. The third-order valence-electron chi connectivity index (χ3n) is 9.91. The molecule has 5 aromatic carbocycles. The molecule has 0 saturated carbocycles. The normalized spacial score (nSPS) is 16.5. The van der Waals surface area contributed by atoms with E-state index in [-0.39, 0.29) is 5.04 Å². The van der Waals surface area contributed by atoms with Crippen LogP contribution in [0.2, 0.25) is 24.7 Å². The Hall–Kier alpha value is -4.76. The second kappa shape index (κ2) is 14.3. The third-order valence-corrected chi connectivity index (χ3v) is 15.9. The highest BCUT2D eigenvalue weighted by molar-refractivity contribution is 7.00. The Labute approximate surface area is 311 Å². The quantitative estimate of drug-likeness (QED) is 0.125. The van der Waals surface area contributed by atoms with Crippen LogP contribution in [0.1, 0.15) is 45.1 Å². The number of nitrogens with zero attached hydrogens (tertiary/aromatic N) is 1. The smallest absolute Gasteiger partial charge is 0.319 e. The van der Waals surface area contributed by atoms with Crippen molar-refractivity contribution in [1.82, 2.24) is 4.98 Å². The fourth-order valence-electron chi connectivity index (χ4n) is 7.85. The van der Waals surface area contributed by atoms with Gasteiger partial charge in [-0.2, -0.15) is 0 Å². The zero-order valence-corrected chi connectivity index (χ0v) is 33.2. The molecule has 7 rings (SSSR count). The summed E-state index contributed by atoms with van der Waals surface area (Å²) in [5.41, 5.74) is 4.49. The maximum atomic E-state index is 7.47. The van der Waals surface area contributed by atoms with Crippen molar-refractivity contribution >= 4 is 32.6 Å². The first-order chi connectivity index (χ1) is 25.0. The maximum absolute atomic E-state index is 7.47. The van der Waals surface area contributed by atoms with Gasteiger partial charge in [0.1, 0.15) is 11.4 Å². The second-order valence-corrected chi connectivity index (χ2v) is 24.5. The number of rotatable bonds is 11. The van der Waals surface area contributed by atoms with Crippen molar-refractivity contribution in [3.63, 3.8) is 0 Å². The molecule has 0 amide bonds. The lowest BCUT2D eigenvalue weighted by molar-refractivity contribution is 0.119. The third kappa shape index (κ3) is 7.16. The molecule has 0 fully saturated rings. The minimum absolute atomic E-state index is 0.146. The van der Waals surface area contributed by atoms with Crippen LogP contribution in [0.15, 0.2) is 156 Å². The van der Waals surface area contributed by atoms with Gasteiger partial charge in [0, 0.05) is 23.1 Å². The molecule has 1 aliphatic carbocycles. The summed E-state index contributed by atoms with van der Waals surface area (Å²) in [7, 11) is -4.87. The highest BCUT2D eigenvalue weighted by Gasteiger charge is 2.52. The predicted octanol–water partition coefficient (Wildman–Crippen LogP) is 11.0. The summed E-state index contributed by atoms with van der Waals surface area (Å²) in [5.74, 6) is 2.29. The molecule has 264 valence electrons. The maximum Gasteiger partial charge on any atom is 0.319 e. The number of aromatic nitrogens is 1. The molecule has 1 heterocycles. The van der Waals surface area contributed by atoms with Crippen LogP contribution >= 0.6 is 0 Å². The topological polar surface area (TPSA) is 44.5 Å². The van der Waals surface area contributed by atoms with E-state index in [1.165, 1.54) is 15.9 Å². The fraction of sp³-hybridized carbons (Fsp3) is 0.239. The van der Waals surface area contributed by atoms with Crippen molar-refractivity contribution in [2.75, 3.05) is 0 Å². The van der Waals surface area contributed by atoms with Gasteiger partial charge in [0.2, 0.25) is 5.89 Å². The minimum Gasteiger partial charge on any atom is -0.534 e. The van der Waals surface area contributed by atoms with Gasteiger partial charge in [-0.05, 0) is 65.6 Å². The van der Waals surface area contributed by atoms with Gasteiger partial charge in [0.25, 0.3) is 0 Å². The summed E-state index contributed by atoms with van der Waals surface area (Å²) in [4.78, 5) is 5.25. The molecule has 4 nitrogen and oxygen atoms in total. The SMILES string of the molecule is CC(C)(C)[Si](Oc1cccc(CC2(O[Si](C)(C)C)CCC=C2c2nc(-c3ccccc3)c(-c3ccccc3)o2)c1)(c1ccccc1)c1ccccc1. The lowest BCUT2D eigenvalue weighted by atomic mass is 9.88. The summed E-state index contributed by atoms with van der Waals surface area (Å²) < 4.78 is 21.6. The predicted molar refractivity (Wildman–Crippen MR) is 220 cm³/mol. The average Bonchev–Trinajstić information content (AvgIpc) is 3.75. The lowest BCUT2D eigenvalue weighted by Gasteiger charge is -2.43. The first-order valence-electron chi connectivity index (χ1n) is 18.4. The van der Waals surface area contributed by atoms with Gasteiger partial charge < -0.3 is 13.3 Å². The van der Waals surface area contributed by atoms with E-state index in [9.17, 15) is 0 Å². The molecule has 0 spiro atoms. The van der Waals surface area contributed by atoms with Crippen LogP contribution in [0.25, 0.3) is 28.2 Å². The molecule has 0 saturated heterocycles. The Kier molecular flexibility index (Phi) is 9.83. The van der Waals surface area contributed by atoms with Crippen molar-refractivity contribution in [3.05, 3.63) is 163 Å². The molecule has 0 bridgehead atoms. The zero-order chi connectivity index (χ0) is 36.4. The van der Waals surface area contributed by atoms with Crippen molar-refractivity contribution in [2.24, 2.45) is 0 Å². The summed E-state index contributed by atoms with van der Waals surface area (Å²) in [6.07, 6.45) is 4.72. The average molecular weight is 720 g/mol. The van der Waals surface area contributed by atoms with Gasteiger partial charge in [0.15, 0.2) is 14.1 Å². The zero-order valence-electron chi connectivity index (χ0n) is 31.2. The van der Waals surface area contributed by atoms with Crippen molar-refractivity contribution in [3.8, 4) is 28.3 Å². The molecule has 0 aliphatic heterocycles. The van der Waals surface area contributed by atoms with Crippen LogP contribution in [0.5, 0.6) is 5.75 Å². The van der Waals surface area contributed by atoms with Crippen LogP contribution in [0.4, 0.5) is 0 Å². The van der Waals surface area contributed by atoms with E-state index in [1.807, 2.05) is 36.4 Å².